The first-order valence-electron chi connectivity index (χ1n) is 8.10. The van der Waals surface area contributed by atoms with Gasteiger partial charge in [-0.3, -0.25) is 4.79 Å². The molecule has 3 heteroatoms. The summed E-state index contributed by atoms with van der Waals surface area (Å²) in [6.07, 6.45) is 2.01. The summed E-state index contributed by atoms with van der Waals surface area (Å²) in [4.78, 5) is 12.0. The number of hydrogen-bond donors (Lipinski definition) is 1. The predicted octanol–water partition coefficient (Wildman–Crippen LogP) is 4.19. The van der Waals surface area contributed by atoms with Crippen LogP contribution in [-0.4, -0.2) is 11.6 Å². The Kier molecular flexibility index (Phi) is 6.55. The van der Waals surface area contributed by atoms with Crippen LogP contribution in [0.1, 0.15) is 37.8 Å². The Hall–Kier alpha value is -2.42. The minimum atomic E-state index is -0.0500. The number of aryl methyl sites for hydroxylation is 1. The first kappa shape index (κ1) is 16.9. The van der Waals surface area contributed by atoms with Crippen molar-refractivity contribution in [1.82, 2.24) is 5.43 Å². The Balaban J connectivity index is 1.95. The summed E-state index contributed by atoms with van der Waals surface area (Å²) in [7, 11) is 0. The highest BCUT2D eigenvalue weighted by Gasteiger charge is 2.08. The molecule has 0 spiro atoms. The topological polar surface area (TPSA) is 41.5 Å². The Labute approximate surface area is 138 Å². The monoisotopic (exact) mass is 308 g/mol. The lowest BCUT2D eigenvalue weighted by Crippen LogP contribution is -2.21. The molecule has 2 rings (SSSR count). The van der Waals surface area contributed by atoms with Gasteiger partial charge in [-0.15, -0.1) is 0 Å². The highest BCUT2D eigenvalue weighted by molar-refractivity contribution is 6.01. The van der Waals surface area contributed by atoms with E-state index in [4.69, 9.17) is 0 Å². The Morgan fingerprint density at radius 1 is 1.00 bits per heavy atom. The van der Waals surface area contributed by atoms with Gasteiger partial charge in [0.1, 0.15) is 0 Å². The van der Waals surface area contributed by atoms with E-state index in [2.05, 4.69) is 24.4 Å². The van der Waals surface area contributed by atoms with Crippen LogP contribution in [0, 0.1) is 5.92 Å². The molecule has 23 heavy (non-hydrogen) atoms. The Morgan fingerprint density at radius 2 is 1.61 bits per heavy atom. The van der Waals surface area contributed by atoms with Gasteiger partial charge in [0.25, 0.3) is 0 Å². The summed E-state index contributed by atoms with van der Waals surface area (Å²) in [5.74, 6) is 0.432. The van der Waals surface area contributed by atoms with Gasteiger partial charge >= 0.3 is 0 Å². The number of carbonyl (C=O) groups is 1. The fourth-order valence-electron chi connectivity index (χ4n) is 2.33. The molecule has 0 fully saturated rings. The van der Waals surface area contributed by atoms with Gasteiger partial charge in [-0.1, -0.05) is 74.5 Å². The summed E-state index contributed by atoms with van der Waals surface area (Å²) >= 11 is 0. The number of nitrogens with one attached hydrogen (secondary N) is 1. The molecule has 0 aliphatic rings. The molecule has 0 bridgehead atoms. The van der Waals surface area contributed by atoms with Crippen molar-refractivity contribution in [3.63, 3.8) is 0 Å². The number of amides is 1. The lowest BCUT2D eigenvalue weighted by atomic mass is 10.0. The van der Waals surface area contributed by atoms with Crippen LogP contribution in [0.5, 0.6) is 0 Å². The number of hydrazone groups is 1. The van der Waals surface area contributed by atoms with E-state index in [1.807, 2.05) is 60.7 Å². The van der Waals surface area contributed by atoms with Crippen LogP contribution >= 0.6 is 0 Å². The molecule has 0 aliphatic heterocycles. The number of nitrogens with zero attached hydrogens (tertiary/aromatic N) is 1. The van der Waals surface area contributed by atoms with Gasteiger partial charge in [-0.05, 0) is 29.9 Å². The SMILES string of the molecule is CC(C)CC(=NNC(=O)CCc1ccccc1)c1ccccc1. The zero-order chi connectivity index (χ0) is 16.5. The van der Waals surface area contributed by atoms with E-state index in [0.717, 1.165) is 29.7 Å². The van der Waals surface area contributed by atoms with E-state index in [-0.39, 0.29) is 5.91 Å². The molecule has 2 aromatic rings. The Bertz CT molecular complexity index is 633. The average molecular weight is 308 g/mol. The molecule has 0 radical (unpaired) electrons. The van der Waals surface area contributed by atoms with Gasteiger partial charge in [0.05, 0.1) is 5.71 Å². The van der Waals surface area contributed by atoms with E-state index < -0.39 is 0 Å². The average Bonchev–Trinajstić information content (AvgIpc) is 2.58. The number of carbonyl (C=O) groups excluding carboxylic acids is 1. The highest BCUT2D eigenvalue weighted by Crippen LogP contribution is 2.10. The molecule has 0 saturated carbocycles. The molecule has 1 amide bonds. The molecule has 0 atom stereocenters. The highest BCUT2D eigenvalue weighted by atomic mass is 16.2. The van der Waals surface area contributed by atoms with Crippen LogP contribution in [0.2, 0.25) is 0 Å². The van der Waals surface area contributed by atoms with Crippen molar-refractivity contribution in [1.29, 1.82) is 0 Å². The maximum absolute atomic E-state index is 12.0. The summed E-state index contributed by atoms with van der Waals surface area (Å²) in [6.45, 7) is 4.30. The van der Waals surface area contributed by atoms with Gasteiger partial charge in [0, 0.05) is 6.42 Å². The maximum atomic E-state index is 12.0. The lowest BCUT2D eigenvalue weighted by molar-refractivity contribution is -0.121. The normalized spacial score (nSPS) is 11.5. The quantitative estimate of drug-likeness (QED) is 0.605. The minimum Gasteiger partial charge on any atom is -0.273 e. The molecule has 0 heterocycles. The molecule has 2 aromatic carbocycles. The van der Waals surface area contributed by atoms with E-state index in [9.17, 15) is 4.79 Å². The van der Waals surface area contributed by atoms with E-state index >= 15 is 0 Å². The zero-order valence-electron chi connectivity index (χ0n) is 13.8. The Morgan fingerprint density at radius 3 is 2.22 bits per heavy atom. The van der Waals surface area contributed by atoms with Crippen LogP contribution in [0.4, 0.5) is 0 Å². The number of benzene rings is 2. The second kappa shape index (κ2) is 8.89. The van der Waals surface area contributed by atoms with E-state index in [1.54, 1.807) is 0 Å². The largest absolute Gasteiger partial charge is 0.273 e. The number of hydrogen-bond acceptors (Lipinski definition) is 2. The van der Waals surface area contributed by atoms with Gasteiger partial charge in [0.15, 0.2) is 0 Å². The predicted molar refractivity (Wildman–Crippen MR) is 95.3 cm³/mol. The minimum absolute atomic E-state index is 0.0500. The third kappa shape index (κ3) is 6.07. The fraction of sp³-hybridized carbons (Fsp3) is 0.300. The van der Waals surface area contributed by atoms with E-state index in [1.165, 1.54) is 0 Å². The molecule has 0 aliphatic carbocycles. The second-order valence-electron chi connectivity index (χ2n) is 6.04. The molecular formula is C20H24N2O. The van der Waals surface area contributed by atoms with Gasteiger partial charge in [-0.25, -0.2) is 5.43 Å². The lowest BCUT2D eigenvalue weighted by Gasteiger charge is -2.10. The van der Waals surface area contributed by atoms with Crippen LogP contribution in [0.3, 0.4) is 0 Å². The zero-order valence-corrected chi connectivity index (χ0v) is 13.8. The van der Waals surface area contributed by atoms with E-state index in [0.29, 0.717) is 12.3 Å². The van der Waals surface area contributed by atoms with Crippen molar-refractivity contribution >= 4 is 11.6 Å². The second-order valence-corrected chi connectivity index (χ2v) is 6.04. The molecule has 1 N–H and O–H groups in total. The third-order valence-electron chi connectivity index (χ3n) is 3.51. The van der Waals surface area contributed by atoms with Crippen LogP contribution in [0.25, 0.3) is 0 Å². The molecule has 0 aromatic heterocycles. The first-order chi connectivity index (χ1) is 11.1. The van der Waals surface area contributed by atoms with Crippen molar-refractivity contribution < 1.29 is 4.79 Å². The van der Waals surface area contributed by atoms with Gasteiger partial charge < -0.3 is 0 Å². The molecule has 3 nitrogen and oxygen atoms in total. The standard InChI is InChI=1S/C20H24N2O/c1-16(2)15-19(18-11-7-4-8-12-18)21-22-20(23)14-13-17-9-5-3-6-10-17/h3-12,16H,13-15H2,1-2H3,(H,22,23). The summed E-state index contributed by atoms with van der Waals surface area (Å²) < 4.78 is 0. The molecule has 120 valence electrons. The molecular weight excluding hydrogens is 284 g/mol. The van der Waals surface area contributed by atoms with Crippen LogP contribution < -0.4 is 5.43 Å². The van der Waals surface area contributed by atoms with Crippen molar-refractivity contribution in [2.75, 3.05) is 0 Å². The van der Waals surface area contributed by atoms with Crippen molar-refractivity contribution in [3.8, 4) is 0 Å². The van der Waals surface area contributed by atoms with Gasteiger partial charge in [0.2, 0.25) is 5.91 Å². The van der Waals surface area contributed by atoms with Crippen molar-refractivity contribution in [2.45, 2.75) is 33.1 Å². The fourth-order valence-corrected chi connectivity index (χ4v) is 2.33. The van der Waals surface area contributed by atoms with Crippen LogP contribution in [0.15, 0.2) is 65.8 Å². The summed E-state index contributed by atoms with van der Waals surface area (Å²) in [6, 6.07) is 20.0. The number of rotatable bonds is 7. The van der Waals surface area contributed by atoms with Gasteiger partial charge in [-0.2, -0.15) is 5.10 Å². The van der Waals surface area contributed by atoms with Crippen molar-refractivity contribution in [2.24, 2.45) is 11.0 Å². The van der Waals surface area contributed by atoms with Crippen molar-refractivity contribution in [3.05, 3.63) is 71.8 Å². The smallest absolute Gasteiger partial charge is 0.240 e. The summed E-state index contributed by atoms with van der Waals surface area (Å²) in [5.41, 5.74) is 5.85. The maximum Gasteiger partial charge on any atom is 0.240 e. The molecule has 0 saturated heterocycles. The first-order valence-corrected chi connectivity index (χ1v) is 8.10. The summed E-state index contributed by atoms with van der Waals surface area (Å²) in [5, 5.41) is 4.36. The van der Waals surface area contributed by atoms with Crippen LogP contribution in [-0.2, 0) is 11.2 Å². The third-order valence-corrected chi connectivity index (χ3v) is 3.51. The molecule has 0 unspecified atom stereocenters.